The Kier molecular flexibility index (Phi) is 6.24. The Morgan fingerprint density at radius 1 is 1.06 bits per heavy atom. The van der Waals surface area contributed by atoms with E-state index in [1.807, 2.05) is 0 Å². The van der Waals surface area contributed by atoms with Gasteiger partial charge in [0.2, 0.25) is 5.91 Å². The van der Waals surface area contributed by atoms with Crippen molar-refractivity contribution in [1.82, 2.24) is 15.4 Å². The highest BCUT2D eigenvalue weighted by Gasteiger charge is 2.73. The number of hydrazine groups is 1. The number of pyridine rings is 1. The van der Waals surface area contributed by atoms with Crippen LogP contribution in [0.5, 0.6) is 0 Å². The molecule has 0 bridgehead atoms. The minimum atomic E-state index is -6.29. The van der Waals surface area contributed by atoms with Gasteiger partial charge in [0.15, 0.2) is 0 Å². The van der Waals surface area contributed by atoms with Crippen molar-refractivity contribution in [3.8, 4) is 0 Å². The van der Waals surface area contributed by atoms with Crippen molar-refractivity contribution in [3.05, 3.63) is 59.4 Å². The summed E-state index contributed by atoms with van der Waals surface area (Å²) >= 11 is 0. The number of hydrogen-bond donors (Lipinski definition) is 1. The second-order valence-corrected chi connectivity index (χ2v) is 8.44. The van der Waals surface area contributed by atoms with Gasteiger partial charge < -0.3 is 0 Å². The minimum Gasteiger partial charge on any atom is -0.274 e. The maximum absolute atomic E-state index is 14.7. The van der Waals surface area contributed by atoms with Crippen LogP contribution in [0.15, 0.2) is 42.7 Å². The van der Waals surface area contributed by atoms with Gasteiger partial charge in [-0.25, -0.2) is 19.5 Å². The number of urea groups is 1. The molecule has 6 nitrogen and oxygen atoms in total. The summed E-state index contributed by atoms with van der Waals surface area (Å²) in [6.07, 6.45) is -8.06. The number of halogens is 7. The van der Waals surface area contributed by atoms with E-state index < -0.39 is 42.1 Å². The lowest BCUT2D eigenvalue weighted by Gasteiger charge is -2.37. The number of anilines is 1. The highest BCUT2D eigenvalue weighted by molar-refractivity contribution is 6.15. The van der Waals surface area contributed by atoms with Crippen LogP contribution in [0.25, 0.3) is 0 Å². The van der Waals surface area contributed by atoms with Gasteiger partial charge >= 0.3 is 24.1 Å². The van der Waals surface area contributed by atoms with Crippen molar-refractivity contribution in [1.29, 1.82) is 0 Å². The van der Waals surface area contributed by atoms with Crippen LogP contribution in [0, 0.1) is 5.92 Å². The average Bonchev–Trinajstić information content (AvgIpc) is 3.59. The fraction of sp³-hybridized carbons (Fsp3) is 0.409. The summed E-state index contributed by atoms with van der Waals surface area (Å²) in [6.45, 7) is -0.474. The molecule has 0 atom stereocenters. The van der Waals surface area contributed by atoms with Crippen LogP contribution in [0.2, 0.25) is 0 Å². The molecule has 0 spiro atoms. The number of amides is 3. The van der Waals surface area contributed by atoms with Crippen molar-refractivity contribution in [2.45, 2.75) is 50.4 Å². The molecule has 1 aromatic carbocycles. The molecule has 2 aliphatic rings. The number of carbonyl (C=O) groups is 2. The third kappa shape index (κ3) is 4.68. The number of aromatic nitrogens is 1. The zero-order chi connectivity index (χ0) is 25.6. The topological polar surface area (TPSA) is 65.5 Å². The Morgan fingerprint density at radius 3 is 2.31 bits per heavy atom. The van der Waals surface area contributed by atoms with Crippen molar-refractivity contribution < 1.29 is 40.3 Å². The molecule has 35 heavy (non-hydrogen) atoms. The molecule has 0 radical (unpaired) electrons. The number of imide groups is 1. The van der Waals surface area contributed by atoms with Gasteiger partial charge in [-0.1, -0.05) is 12.1 Å². The molecular weight excluding hydrogens is 485 g/mol. The van der Waals surface area contributed by atoms with Gasteiger partial charge in [0, 0.05) is 30.9 Å². The van der Waals surface area contributed by atoms with Crippen LogP contribution in [0.4, 0.5) is 41.2 Å². The molecule has 188 valence electrons. The second kappa shape index (κ2) is 8.77. The van der Waals surface area contributed by atoms with E-state index in [4.69, 9.17) is 0 Å². The van der Waals surface area contributed by atoms with Crippen molar-refractivity contribution in [2.75, 3.05) is 4.90 Å². The van der Waals surface area contributed by atoms with E-state index in [9.17, 15) is 40.3 Å². The minimum absolute atomic E-state index is 0.0124. The van der Waals surface area contributed by atoms with Gasteiger partial charge in [-0.05, 0) is 48.1 Å². The van der Waals surface area contributed by atoms with Gasteiger partial charge in [-0.15, -0.1) is 0 Å². The van der Waals surface area contributed by atoms with Gasteiger partial charge in [0.1, 0.15) is 0 Å². The zero-order valence-corrected chi connectivity index (χ0v) is 18.0. The predicted octanol–water partition coefficient (Wildman–Crippen LogP) is 5.14. The van der Waals surface area contributed by atoms with Crippen LogP contribution in [-0.4, -0.2) is 34.3 Å². The Hall–Kier alpha value is -3.22. The van der Waals surface area contributed by atoms with Crippen molar-refractivity contribution in [3.63, 3.8) is 0 Å². The molecular formula is C22H19F7N4O2. The Labute approximate surface area is 194 Å². The number of benzene rings is 1. The van der Waals surface area contributed by atoms with Crippen molar-refractivity contribution in [2.24, 2.45) is 5.92 Å². The normalized spacial score (nSPS) is 16.9. The quantitative estimate of drug-likeness (QED) is 0.554. The lowest BCUT2D eigenvalue weighted by atomic mass is 9.91. The van der Waals surface area contributed by atoms with Crippen LogP contribution in [-0.2, 0) is 23.6 Å². The zero-order valence-electron chi connectivity index (χ0n) is 18.0. The first-order valence-corrected chi connectivity index (χ1v) is 10.6. The molecule has 1 fully saturated rings. The van der Waals surface area contributed by atoms with E-state index in [1.54, 1.807) is 12.1 Å². The van der Waals surface area contributed by atoms with E-state index in [1.165, 1.54) is 12.4 Å². The summed E-state index contributed by atoms with van der Waals surface area (Å²) in [4.78, 5) is 30.5. The third-order valence-electron chi connectivity index (χ3n) is 5.86. The van der Waals surface area contributed by atoms with E-state index in [2.05, 4.69) is 10.4 Å². The van der Waals surface area contributed by atoms with E-state index in [0.29, 0.717) is 22.6 Å². The standard InChI is InChI=1S/C22H19F7N4O2/c23-20(21(24,25)26,22(27,28)29)16-5-6-17-15(9-16)12-32(31-11-14-2-1-7-30-10-14)19(35)33(17)18(34)8-13-3-4-13/h1-2,5-7,9-10,13,31H,3-4,8,11-12H2. The first-order chi connectivity index (χ1) is 16.3. The summed E-state index contributed by atoms with van der Waals surface area (Å²) in [6, 6.07) is 3.90. The van der Waals surface area contributed by atoms with Crippen molar-refractivity contribution >= 4 is 17.6 Å². The summed E-state index contributed by atoms with van der Waals surface area (Å²) in [5.41, 5.74) is -4.42. The number of rotatable bonds is 6. The smallest absolute Gasteiger partial charge is 0.274 e. The van der Waals surface area contributed by atoms with Gasteiger partial charge in [-0.3, -0.25) is 14.8 Å². The molecule has 1 aliphatic heterocycles. The van der Waals surface area contributed by atoms with Crippen LogP contribution < -0.4 is 10.3 Å². The molecule has 1 aliphatic carbocycles. The Morgan fingerprint density at radius 2 is 1.74 bits per heavy atom. The van der Waals surface area contributed by atoms with Crippen LogP contribution in [0.1, 0.15) is 36.0 Å². The Balaban J connectivity index is 1.72. The monoisotopic (exact) mass is 504 g/mol. The Bertz CT molecular complexity index is 1100. The molecule has 2 aromatic rings. The highest BCUT2D eigenvalue weighted by atomic mass is 19.4. The lowest BCUT2D eigenvalue weighted by molar-refractivity contribution is -0.348. The summed E-state index contributed by atoms with van der Waals surface area (Å²) in [7, 11) is 0. The number of alkyl halides is 7. The van der Waals surface area contributed by atoms with Crippen LogP contribution >= 0.6 is 0 Å². The largest absolute Gasteiger partial charge is 0.435 e. The first kappa shape index (κ1) is 24.9. The van der Waals surface area contributed by atoms with Crippen LogP contribution in [0.3, 0.4) is 0 Å². The molecule has 13 heteroatoms. The van der Waals surface area contributed by atoms with E-state index >= 15 is 0 Å². The number of nitrogens with zero attached hydrogens (tertiary/aromatic N) is 3. The highest BCUT2D eigenvalue weighted by Crippen LogP contribution is 2.54. The van der Waals surface area contributed by atoms with Gasteiger partial charge in [0.25, 0.3) is 0 Å². The maximum Gasteiger partial charge on any atom is 0.435 e. The molecule has 0 unspecified atom stereocenters. The maximum atomic E-state index is 14.7. The molecule has 2 heterocycles. The summed E-state index contributed by atoms with van der Waals surface area (Å²) in [5.74, 6) is -0.608. The van der Waals surface area contributed by atoms with E-state index in [0.717, 1.165) is 23.9 Å². The van der Waals surface area contributed by atoms with Gasteiger partial charge in [-0.2, -0.15) is 26.3 Å². The molecule has 3 amide bonds. The molecule has 0 saturated heterocycles. The van der Waals surface area contributed by atoms with E-state index in [-0.39, 0.29) is 30.1 Å². The fourth-order valence-corrected chi connectivity index (χ4v) is 3.81. The number of fused-ring (bicyclic) bond motifs is 1. The average molecular weight is 504 g/mol. The molecule has 1 aromatic heterocycles. The predicted molar refractivity (Wildman–Crippen MR) is 108 cm³/mol. The lowest BCUT2D eigenvalue weighted by Crippen LogP contribution is -2.55. The number of nitrogens with one attached hydrogen (secondary N) is 1. The summed E-state index contributed by atoms with van der Waals surface area (Å²) in [5, 5.41) is 0.894. The number of hydrogen-bond acceptors (Lipinski definition) is 4. The molecule has 1 N–H and O–H groups in total. The molecule has 1 saturated carbocycles. The summed E-state index contributed by atoms with van der Waals surface area (Å²) < 4.78 is 94.3. The molecule has 4 rings (SSSR count). The SMILES string of the molecule is O=C(CC1CC1)N1C(=O)N(NCc2cccnc2)Cc2cc(C(F)(C(F)(F)F)C(F)(F)F)ccc21. The third-order valence-corrected chi connectivity index (χ3v) is 5.86. The first-order valence-electron chi connectivity index (χ1n) is 10.6. The van der Waals surface area contributed by atoms with Gasteiger partial charge in [0.05, 0.1) is 12.2 Å². The second-order valence-electron chi connectivity index (χ2n) is 8.44. The number of carbonyl (C=O) groups excluding carboxylic acids is 2. The fourth-order valence-electron chi connectivity index (χ4n) is 3.81.